The fraction of sp³-hybridized carbons (Fsp3) is 0.462. The van der Waals surface area contributed by atoms with Crippen LogP contribution in [0.4, 0.5) is 5.69 Å². The van der Waals surface area contributed by atoms with Crippen LogP contribution in [0.5, 0.6) is 5.75 Å². The van der Waals surface area contributed by atoms with Crippen molar-refractivity contribution in [2.45, 2.75) is 66.8 Å². The van der Waals surface area contributed by atoms with Crippen LogP contribution in [0.25, 0.3) is 0 Å². The predicted molar refractivity (Wildman–Crippen MR) is 127 cm³/mol. The second-order valence-electron chi connectivity index (χ2n) is 8.92. The Morgan fingerprint density at radius 2 is 1.84 bits per heavy atom. The molecule has 0 fully saturated rings. The molecule has 2 N–H and O–H groups in total. The molecule has 2 amide bonds. The molecular weight excluding hydrogens is 388 g/mol. The maximum atomic E-state index is 12.8. The second kappa shape index (κ2) is 11.0. The minimum atomic E-state index is -0.556. The Balaban J connectivity index is 1.89. The first-order valence-electron chi connectivity index (χ1n) is 11.0. The number of anilines is 1. The van der Waals surface area contributed by atoms with Gasteiger partial charge < -0.3 is 15.4 Å². The van der Waals surface area contributed by atoms with Gasteiger partial charge in [0.25, 0.3) is 5.91 Å². The van der Waals surface area contributed by atoms with Gasteiger partial charge in [-0.2, -0.15) is 0 Å². The first-order chi connectivity index (χ1) is 14.6. The molecule has 1 atom stereocenters. The number of hydrogen-bond acceptors (Lipinski definition) is 3. The smallest absolute Gasteiger partial charge is 0.251 e. The average Bonchev–Trinajstić information content (AvgIpc) is 2.73. The molecule has 1 unspecified atom stereocenters. The molecule has 5 nitrogen and oxygen atoms in total. The van der Waals surface area contributed by atoms with E-state index in [-0.39, 0.29) is 17.9 Å². The van der Waals surface area contributed by atoms with Gasteiger partial charge in [0, 0.05) is 22.7 Å². The van der Waals surface area contributed by atoms with Crippen molar-refractivity contribution in [1.29, 1.82) is 0 Å². The number of benzene rings is 2. The molecule has 168 valence electrons. The van der Waals surface area contributed by atoms with E-state index in [1.807, 2.05) is 47.6 Å². The second-order valence-corrected chi connectivity index (χ2v) is 8.92. The van der Waals surface area contributed by atoms with Gasteiger partial charge in [-0.15, -0.1) is 0 Å². The van der Waals surface area contributed by atoms with Crippen LogP contribution in [-0.2, 0) is 4.79 Å². The van der Waals surface area contributed by atoms with Crippen molar-refractivity contribution >= 4 is 17.5 Å². The van der Waals surface area contributed by atoms with Crippen LogP contribution in [0.2, 0.25) is 0 Å². The molecule has 0 bridgehead atoms. The highest BCUT2D eigenvalue weighted by Crippen LogP contribution is 2.26. The van der Waals surface area contributed by atoms with E-state index in [0.717, 1.165) is 24.2 Å². The summed E-state index contributed by atoms with van der Waals surface area (Å²) in [6.45, 7) is 12.5. The SMILES string of the molecule is CCC(C)NC(=O)c1cccc(NC(=O)C(C)(C)CCCOc2cc(C)ccc2C)c1. The quantitative estimate of drug-likeness (QED) is 0.484. The third kappa shape index (κ3) is 7.42. The van der Waals surface area contributed by atoms with Gasteiger partial charge >= 0.3 is 0 Å². The summed E-state index contributed by atoms with van der Waals surface area (Å²) >= 11 is 0. The van der Waals surface area contributed by atoms with Crippen LogP contribution in [0, 0.1) is 19.3 Å². The normalized spacial score (nSPS) is 12.2. The topological polar surface area (TPSA) is 67.4 Å². The van der Waals surface area contributed by atoms with Crippen LogP contribution in [0.3, 0.4) is 0 Å². The molecule has 5 heteroatoms. The van der Waals surface area contributed by atoms with E-state index in [4.69, 9.17) is 4.74 Å². The molecule has 0 aliphatic rings. The molecule has 0 heterocycles. The molecule has 2 rings (SSSR count). The molecule has 0 radical (unpaired) electrons. The van der Waals surface area contributed by atoms with E-state index in [1.165, 1.54) is 5.56 Å². The summed E-state index contributed by atoms with van der Waals surface area (Å²) in [7, 11) is 0. The Labute approximate surface area is 186 Å². The zero-order valence-corrected chi connectivity index (χ0v) is 19.7. The summed E-state index contributed by atoms with van der Waals surface area (Å²) in [6.07, 6.45) is 2.33. The molecular formula is C26H36N2O3. The van der Waals surface area contributed by atoms with Crippen LogP contribution < -0.4 is 15.4 Å². The number of nitrogens with one attached hydrogen (secondary N) is 2. The highest BCUT2D eigenvalue weighted by atomic mass is 16.5. The van der Waals surface area contributed by atoms with Gasteiger partial charge in [-0.1, -0.05) is 39.0 Å². The lowest BCUT2D eigenvalue weighted by atomic mass is 9.87. The summed E-state index contributed by atoms with van der Waals surface area (Å²) < 4.78 is 5.92. The van der Waals surface area contributed by atoms with Gasteiger partial charge in [-0.05, 0) is 75.4 Å². The van der Waals surface area contributed by atoms with Crippen molar-refractivity contribution in [2.24, 2.45) is 5.41 Å². The molecule has 0 saturated carbocycles. The van der Waals surface area contributed by atoms with E-state index >= 15 is 0 Å². The van der Waals surface area contributed by atoms with Crippen molar-refractivity contribution in [1.82, 2.24) is 5.32 Å². The predicted octanol–water partition coefficient (Wildman–Crippen LogP) is 5.66. The lowest BCUT2D eigenvalue weighted by molar-refractivity contribution is -0.124. The van der Waals surface area contributed by atoms with Gasteiger partial charge in [0.2, 0.25) is 5.91 Å². The van der Waals surface area contributed by atoms with Gasteiger partial charge in [-0.3, -0.25) is 9.59 Å². The van der Waals surface area contributed by atoms with Gasteiger partial charge in [0.15, 0.2) is 0 Å². The zero-order valence-electron chi connectivity index (χ0n) is 19.7. The summed E-state index contributed by atoms with van der Waals surface area (Å²) in [5.74, 6) is 0.696. The third-order valence-corrected chi connectivity index (χ3v) is 5.53. The molecule has 2 aromatic carbocycles. The standard InChI is InChI=1S/C26H36N2O3/c1-7-20(4)27-24(29)21-10-8-11-22(17-21)28-25(30)26(5,6)14-9-15-31-23-16-18(2)12-13-19(23)3/h8,10-13,16-17,20H,7,9,14-15H2,1-6H3,(H,27,29)(H,28,30). The monoisotopic (exact) mass is 424 g/mol. The van der Waals surface area contributed by atoms with Crippen LogP contribution >= 0.6 is 0 Å². The number of hydrogen-bond donors (Lipinski definition) is 2. The van der Waals surface area contributed by atoms with E-state index in [0.29, 0.717) is 24.3 Å². The minimum absolute atomic E-state index is 0.0706. The summed E-state index contributed by atoms with van der Waals surface area (Å²) in [6, 6.07) is 13.3. The van der Waals surface area contributed by atoms with E-state index in [1.54, 1.807) is 24.3 Å². The number of ether oxygens (including phenoxy) is 1. The summed E-state index contributed by atoms with van der Waals surface area (Å²) in [4.78, 5) is 25.2. The molecule has 0 saturated heterocycles. The summed E-state index contributed by atoms with van der Waals surface area (Å²) in [5.41, 5.74) is 2.89. The average molecular weight is 425 g/mol. The van der Waals surface area contributed by atoms with Gasteiger partial charge in [0.05, 0.1) is 6.61 Å². The highest BCUT2D eigenvalue weighted by molar-refractivity contribution is 5.98. The number of amides is 2. The van der Waals surface area contributed by atoms with Crippen LogP contribution in [0.15, 0.2) is 42.5 Å². The Hall–Kier alpha value is -2.82. The molecule has 0 spiro atoms. The maximum absolute atomic E-state index is 12.8. The Morgan fingerprint density at radius 1 is 1.10 bits per heavy atom. The number of rotatable bonds is 10. The van der Waals surface area contributed by atoms with Crippen molar-refractivity contribution in [2.75, 3.05) is 11.9 Å². The van der Waals surface area contributed by atoms with Crippen molar-refractivity contribution in [3.05, 3.63) is 59.2 Å². The Morgan fingerprint density at radius 3 is 2.55 bits per heavy atom. The van der Waals surface area contributed by atoms with E-state index in [2.05, 4.69) is 22.8 Å². The van der Waals surface area contributed by atoms with Crippen molar-refractivity contribution in [3.8, 4) is 5.75 Å². The number of carbonyl (C=O) groups excluding carboxylic acids is 2. The van der Waals surface area contributed by atoms with Crippen molar-refractivity contribution in [3.63, 3.8) is 0 Å². The first kappa shape index (κ1) is 24.4. The fourth-order valence-corrected chi connectivity index (χ4v) is 3.12. The lowest BCUT2D eigenvalue weighted by Gasteiger charge is -2.24. The molecule has 0 aliphatic heterocycles. The first-order valence-corrected chi connectivity index (χ1v) is 11.0. The van der Waals surface area contributed by atoms with Gasteiger partial charge in [-0.25, -0.2) is 0 Å². The maximum Gasteiger partial charge on any atom is 0.251 e. The fourth-order valence-electron chi connectivity index (χ4n) is 3.12. The third-order valence-electron chi connectivity index (χ3n) is 5.53. The number of aryl methyl sites for hydroxylation is 2. The van der Waals surface area contributed by atoms with E-state index < -0.39 is 5.41 Å². The zero-order chi connectivity index (χ0) is 23.0. The van der Waals surface area contributed by atoms with Crippen LogP contribution in [-0.4, -0.2) is 24.5 Å². The van der Waals surface area contributed by atoms with Crippen LogP contribution in [0.1, 0.15) is 68.4 Å². The molecule has 0 aliphatic carbocycles. The largest absolute Gasteiger partial charge is 0.493 e. The number of carbonyl (C=O) groups is 2. The summed E-state index contributed by atoms with van der Waals surface area (Å²) in [5, 5.41) is 5.91. The molecule has 2 aromatic rings. The molecule has 0 aromatic heterocycles. The Bertz CT molecular complexity index is 905. The minimum Gasteiger partial charge on any atom is -0.493 e. The Kier molecular flexibility index (Phi) is 8.66. The molecule has 31 heavy (non-hydrogen) atoms. The van der Waals surface area contributed by atoms with Gasteiger partial charge in [0.1, 0.15) is 5.75 Å². The van der Waals surface area contributed by atoms with E-state index in [9.17, 15) is 9.59 Å². The highest BCUT2D eigenvalue weighted by Gasteiger charge is 2.27. The van der Waals surface area contributed by atoms with Crippen molar-refractivity contribution < 1.29 is 14.3 Å². The lowest BCUT2D eigenvalue weighted by Crippen LogP contribution is -2.32.